The van der Waals surface area contributed by atoms with E-state index in [1.54, 1.807) is 4.90 Å². The summed E-state index contributed by atoms with van der Waals surface area (Å²) in [6, 6.07) is 11.0. The lowest BCUT2D eigenvalue weighted by molar-refractivity contribution is 0.0353. The molecule has 0 unspecified atom stereocenters. The van der Waals surface area contributed by atoms with Gasteiger partial charge >= 0.3 is 0 Å². The van der Waals surface area contributed by atoms with E-state index < -0.39 is 6.04 Å². The van der Waals surface area contributed by atoms with Crippen LogP contribution in [-0.2, 0) is 4.74 Å². The Labute approximate surface area is 211 Å². The molecule has 0 bridgehead atoms. The molecule has 3 heterocycles. The van der Waals surface area contributed by atoms with Gasteiger partial charge in [0.25, 0.3) is 5.91 Å². The van der Waals surface area contributed by atoms with E-state index in [-0.39, 0.29) is 17.1 Å². The van der Waals surface area contributed by atoms with E-state index in [0.29, 0.717) is 29.7 Å². The number of carbonyl (C=O) groups excluding carboxylic acids is 1. The summed E-state index contributed by atoms with van der Waals surface area (Å²) in [5.74, 6) is 0.668. The number of nitrogens with zero attached hydrogens (tertiary/aromatic N) is 2. The van der Waals surface area contributed by atoms with Gasteiger partial charge in [-0.2, -0.15) is 0 Å². The SMILES string of the molecule is CCCOc1cccc([C@H]2c3c(oc4cc(C)c(C)cc4c3=O)C(=O)N2CCCN2CCOCC2)c1. The number of hydrogen-bond donors (Lipinski definition) is 0. The lowest BCUT2D eigenvalue weighted by Gasteiger charge is -2.29. The van der Waals surface area contributed by atoms with E-state index >= 15 is 0 Å². The molecule has 1 amide bonds. The molecule has 0 aliphatic carbocycles. The van der Waals surface area contributed by atoms with Crippen molar-refractivity contribution in [3.8, 4) is 5.75 Å². The third-order valence-corrected chi connectivity index (χ3v) is 7.21. The Balaban J connectivity index is 1.55. The molecule has 190 valence electrons. The highest BCUT2D eigenvalue weighted by Crippen LogP contribution is 2.39. The molecule has 1 aromatic heterocycles. The van der Waals surface area contributed by atoms with Crippen LogP contribution in [0.2, 0.25) is 0 Å². The highest BCUT2D eigenvalue weighted by atomic mass is 16.5. The van der Waals surface area contributed by atoms with Gasteiger partial charge in [0.05, 0.1) is 36.8 Å². The fraction of sp³-hybridized carbons (Fsp3) is 0.448. The van der Waals surface area contributed by atoms with Crippen LogP contribution < -0.4 is 10.2 Å². The zero-order valence-corrected chi connectivity index (χ0v) is 21.3. The van der Waals surface area contributed by atoms with Crippen LogP contribution in [0.15, 0.2) is 45.6 Å². The maximum Gasteiger partial charge on any atom is 0.290 e. The summed E-state index contributed by atoms with van der Waals surface area (Å²) in [7, 11) is 0. The zero-order chi connectivity index (χ0) is 25.2. The van der Waals surface area contributed by atoms with Crippen molar-refractivity contribution in [3.05, 3.63) is 74.6 Å². The van der Waals surface area contributed by atoms with Crippen LogP contribution in [0.1, 0.15) is 58.6 Å². The van der Waals surface area contributed by atoms with E-state index in [4.69, 9.17) is 13.9 Å². The first-order valence-electron chi connectivity index (χ1n) is 12.9. The monoisotopic (exact) mass is 490 g/mol. The average Bonchev–Trinajstić information content (AvgIpc) is 3.16. The Morgan fingerprint density at radius 2 is 1.81 bits per heavy atom. The predicted molar refractivity (Wildman–Crippen MR) is 139 cm³/mol. The van der Waals surface area contributed by atoms with Gasteiger partial charge in [-0.25, -0.2) is 0 Å². The van der Waals surface area contributed by atoms with Crippen molar-refractivity contribution in [3.63, 3.8) is 0 Å². The zero-order valence-electron chi connectivity index (χ0n) is 21.3. The smallest absolute Gasteiger partial charge is 0.290 e. The van der Waals surface area contributed by atoms with Gasteiger partial charge in [0, 0.05) is 26.2 Å². The summed E-state index contributed by atoms with van der Waals surface area (Å²) >= 11 is 0. The Morgan fingerprint density at radius 3 is 2.58 bits per heavy atom. The van der Waals surface area contributed by atoms with Gasteiger partial charge in [-0.05, 0) is 67.6 Å². The molecule has 5 rings (SSSR count). The number of ether oxygens (including phenoxy) is 2. The number of morpholine rings is 1. The van der Waals surface area contributed by atoms with Crippen molar-refractivity contribution in [2.24, 2.45) is 0 Å². The van der Waals surface area contributed by atoms with Gasteiger partial charge in [-0.1, -0.05) is 19.1 Å². The molecule has 2 aliphatic heterocycles. The fourth-order valence-electron chi connectivity index (χ4n) is 5.14. The number of rotatable bonds is 8. The van der Waals surface area contributed by atoms with Crippen molar-refractivity contribution in [1.82, 2.24) is 9.80 Å². The summed E-state index contributed by atoms with van der Waals surface area (Å²) in [6.45, 7) is 11.3. The van der Waals surface area contributed by atoms with Crippen molar-refractivity contribution in [1.29, 1.82) is 0 Å². The highest BCUT2D eigenvalue weighted by molar-refractivity contribution is 5.99. The van der Waals surface area contributed by atoms with E-state index in [1.165, 1.54) is 0 Å². The van der Waals surface area contributed by atoms with Crippen LogP contribution >= 0.6 is 0 Å². The third-order valence-electron chi connectivity index (χ3n) is 7.21. The maximum absolute atomic E-state index is 13.8. The summed E-state index contributed by atoms with van der Waals surface area (Å²) in [4.78, 5) is 31.7. The summed E-state index contributed by atoms with van der Waals surface area (Å²) in [5, 5.41) is 0.517. The van der Waals surface area contributed by atoms with E-state index in [1.807, 2.05) is 50.2 Å². The Bertz CT molecular complexity index is 1330. The standard InChI is InChI=1S/C29H34N2O5/c1-4-13-35-22-8-5-7-21(18-22)26-25-27(32)23-16-19(2)20(3)17-24(23)36-28(25)29(33)31(26)10-6-9-30-11-14-34-15-12-30/h5,7-8,16-18,26H,4,6,9-15H2,1-3H3/t26-/m0/s1. The van der Waals surface area contributed by atoms with E-state index in [9.17, 15) is 9.59 Å². The quantitative estimate of drug-likeness (QED) is 0.464. The average molecular weight is 491 g/mol. The van der Waals surface area contributed by atoms with Crippen LogP contribution in [-0.4, -0.2) is 61.7 Å². The van der Waals surface area contributed by atoms with Gasteiger partial charge in [-0.15, -0.1) is 0 Å². The Hall–Kier alpha value is -3.16. The number of amides is 1. The fourth-order valence-corrected chi connectivity index (χ4v) is 5.14. The molecule has 0 N–H and O–H groups in total. The summed E-state index contributed by atoms with van der Waals surface area (Å²) in [6.07, 6.45) is 1.70. The molecule has 1 fully saturated rings. The van der Waals surface area contributed by atoms with E-state index in [2.05, 4.69) is 11.8 Å². The van der Waals surface area contributed by atoms with Crippen molar-refractivity contribution < 1.29 is 18.7 Å². The van der Waals surface area contributed by atoms with Crippen molar-refractivity contribution >= 4 is 16.9 Å². The Kier molecular flexibility index (Phi) is 7.12. The van der Waals surface area contributed by atoms with Gasteiger partial charge < -0.3 is 18.8 Å². The van der Waals surface area contributed by atoms with Crippen molar-refractivity contribution in [2.75, 3.05) is 46.0 Å². The highest BCUT2D eigenvalue weighted by Gasteiger charge is 2.42. The topological polar surface area (TPSA) is 72.2 Å². The molecule has 2 aromatic carbocycles. The molecule has 36 heavy (non-hydrogen) atoms. The van der Waals surface area contributed by atoms with E-state index in [0.717, 1.165) is 68.1 Å². The molecular formula is C29H34N2O5. The minimum Gasteiger partial charge on any atom is -0.494 e. The first-order valence-corrected chi connectivity index (χ1v) is 12.9. The molecule has 7 heteroatoms. The normalized spacial score (nSPS) is 18.1. The second-order valence-corrected chi connectivity index (χ2v) is 9.74. The predicted octanol–water partition coefficient (Wildman–Crippen LogP) is 4.47. The molecule has 1 saturated heterocycles. The van der Waals surface area contributed by atoms with Crippen LogP contribution in [0.4, 0.5) is 0 Å². The number of benzene rings is 2. The van der Waals surface area contributed by atoms with Crippen LogP contribution in [0.25, 0.3) is 11.0 Å². The number of aryl methyl sites for hydroxylation is 2. The van der Waals surface area contributed by atoms with Gasteiger partial charge in [-0.3, -0.25) is 14.5 Å². The largest absolute Gasteiger partial charge is 0.494 e. The van der Waals surface area contributed by atoms with Gasteiger partial charge in [0.2, 0.25) is 5.76 Å². The molecule has 0 saturated carbocycles. The summed E-state index contributed by atoms with van der Waals surface area (Å²) < 4.78 is 17.5. The third kappa shape index (κ3) is 4.65. The second-order valence-electron chi connectivity index (χ2n) is 9.74. The minimum atomic E-state index is -0.510. The van der Waals surface area contributed by atoms with Gasteiger partial charge in [0.1, 0.15) is 11.3 Å². The number of fused-ring (bicyclic) bond motifs is 2. The lowest BCUT2D eigenvalue weighted by Crippen LogP contribution is -2.38. The molecule has 2 aliphatic rings. The Morgan fingerprint density at radius 1 is 1.03 bits per heavy atom. The lowest BCUT2D eigenvalue weighted by atomic mass is 9.97. The molecular weight excluding hydrogens is 456 g/mol. The molecule has 0 radical (unpaired) electrons. The van der Waals surface area contributed by atoms with Crippen LogP contribution in [0.3, 0.4) is 0 Å². The van der Waals surface area contributed by atoms with Crippen LogP contribution in [0.5, 0.6) is 5.75 Å². The van der Waals surface area contributed by atoms with Crippen LogP contribution in [0, 0.1) is 13.8 Å². The molecule has 7 nitrogen and oxygen atoms in total. The molecule has 0 spiro atoms. The number of hydrogen-bond acceptors (Lipinski definition) is 6. The first kappa shape index (κ1) is 24.5. The molecule has 3 aromatic rings. The molecule has 1 atom stereocenters. The van der Waals surface area contributed by atoms with Gasteiger partial charge in [0.15, 0.2) is 5.43 Å². The number of carbonyl (C=O) groups is 1. The maximum atomic E-state index is 13.8. The van der Waals surface area contributed by atoms with Crippen molar-refractivity contribution in [2.45, 2.75) is 39.7 Å². The summed E-state index contributed by atoms with van der Waals surface area (Å²) in [5.41, 5.74) is 3.66. The minimum absolute atomic E-state index is 0.136. The second kappa shape index (κ2) is 10.4. The first-order chi connectivity index (χ1) is 17.5.